The molecule has 0 atom stereocenters. The third kappa shape index (κ3) is 4.96. The summed E-state index contributed by atoms with van der Waals surface area (Å²) in [6, 6.07) is 12.7. The minimum absolute atomic E-state index is 0.0715. The van der Waals surface area contributed by atoms with E-state index in [1.54, 1.807) is 22.8 Å². The van der Waals surface area contributed by atoms with Crippen molar-refractivity contribution in [3.63, 3.8) is 0 Å². The second-order valence-electron chi connectivity index (χ2n) is 9.09. The molecule has 34 heavy (non-hydrogen) atoms. The molecule has 9 heteroatoms. The first-order chi connectivity index (χ1) is 16.2. The molecule has 1 aromatic heterocycles. The van der Waals surface area contributed by atoms with Crippen molar-refractivity contribution in [1.82, 2.24) is 8.87 Å². The van der Waals surface area contributed by atoms with Crippen molar-refractivity contribution in [3.8, 4) is 0 Å². The van der Waals surface area contributed by atoms with Crippen LogP contribution >= 0.6 is 11.3 Å². The van der Waals surface area contributed by atoms with E-state index in [2.05, 4.69) is 19.2 Å². The van der Waals surface area contributed by atoms with Crippen molar-refractivity contribution in [3.05, 3.63) is 57.7 Å². The van der Waals surface area contributed by atoms with Gasteiger partial charge >= 0.3 is 4.87 Å². The van der Waals surface area contributed by atoms with Crippen molar-refractivity contribution in [2.24, 2.45) is 5.92 Å². The van der Waals surface area contributed by atoms with Crippen molar-refractivity contribution in [1.29, 1.82) is 0 Å². The molecule has 1 fully saturated rings. The fourth-order valence-electron chi connectivity index (χ4n) is 4.35. The Kier molecular flexibility index (Phi) is 7.25. The Hall–Kier alpha value is -2.49. The summed E-state index contributed by atoms with van der Waals surface area (Å²) < 4.78 is 30.3. The summed E-state index contributed by atoms with van der Waals surface area (Å²) in [4.78, 5) is 25.1. The summed E-state index contributed by atoms with van der Waals surface area (Å²) in [6.45, 7) is 7.44. The lowest BCUT2D eigenvalue weighted by Gasteiger charge is -2.30. The van der Waals surface area contributed by atoms with Crippen LogP contribution in [0, 0.1) is 5.92 Å². The van der Waals surface area contributed by atoms with Crippen LogP contribution in [0.3, 0.4) is 0 Å². The zero-order chi connectivity index (χ0) is 24.5. The number of aryl methyl sites for hydroxylation is 1. The summed E-state index contributed by atoms with van der Waals surface area (Å²) in [5, 5.41) is 2.96. The van der Waals surface area contributed by atoms with Gasteiger partial charge in [0.2, 0.25) is 15.9 Å². The maximum absolute atomic E-state index is 13.2. The van der Waals surface area contributed by atoms with Crippen LogP contribution in [0.15, 0.2) is 52.2 Å². The van der Waals surface area contributed by atoms with E-state index in [1.807, 2.05) is 31.2 Å². The lowest BCUT2D eigenvalue weighted by atomic mass is 9.97. The van der Waals surface area contributed by atoms with Gasteiger partial charge in [0.15, 0.2) is 0 Å². The van der Waals surface area contributed by atoms with Gasteiger partial charge in [0.1, 0.15) is 0 Å². The predicted octanol–water partition coefficient (Wildman–Crippen LogP) is 4.64. The van der Waals surface area contributed by atoms with Crippen LogP contribution in [0.4, 0.5) is 5.69 Å². The minimum Gasteiger partial charge on any atom is -0.326 e. The molecule has 0 bridgehead atoms. The van der Waals surface area contributed by atoms with E-state index in [-0.39, 0.29) is 34.7 Å². The molecule has 1 N–H and O–H groups in total. The molecule has 0 aliphatic carbocycles. The number of hydrogen-bond donors (Lipinski definition) is 1. The van der Waals surface area contributed by atoms with Crippen LogP contribution in [0.2, 0.25) is 0 Å². The Balaban J connectivity index is 1.42. The number of nitrogens with one attached hydrogen (secondary N) is 1. The van der Waals surface area contributed by atoms with Gasteiger partial charge in [-0.05, 0) is 61.1 Å². The minimum atomic E-state index is -3.69. The molecule has 2 heterocycles. The van der Waals surface area contributed by atoms with Crippen molar-refractivity contribution in [2.75, 3.05) is 18.4 Å². The molecule has 0 saturated carbocycles. The number of anilines is 1. The third-order valence-electron chi connectivity index (χ3n) is 6.39. The second kappa shape index (κ2) is 10.0. The van der Waals surface area contributed by atoms with Gasteiger partial charge in [-0.3, -0.25) is 14.2 Å². The van der Waals surface area contributed by atoms with Gasteiger partial charge < -0.3 is 5.32 Å². The van der Waals surface area contributed by atoms with Crippen LogP contribution in [-0.4, -0.2) is 36.3 Å². The van der Waals surface area contributed by atoms with Crippen LogP contribution in [0.5, 0.6) is 0 Å². The van der Waals surface area contributed by atoms with Gasteiger partial charge in [-0.25, -0.2) is 8.42 Å². The van der Waals surface area contributed by atoms with Crippen molar-refractivity contribution in [2.45, 2.75) is 57.4 Å². The molecular weight excluding hydrogens is 470 g/mol. The predicted molar refractivity (Wildman–Crippen MR) is 137 cm³/mol. The number of benzene rings is 2. The topological polar surface area (TPSA) is 88.5 Å². The number of sulfonamides is 1. The quantitative estimate of drug-likeness (QED) is 0.511. The Labute approximate surface area is 204 Å². The van der Waals surface area contributed by atoms with Gasteiger partial charge in [-0.15, -0.1) is 0 Å². The largest absolute Gasteiger partial charge is 0.326 e. The number of rotatable bonds is 7. The standard InChI is InChI=1S/C25H31N3O4S2/c1-4-13-28-22-10-9-21(16-23(22)33-25(28)30)34(31,32)27-14-11-19(12-15-27)24(29)26-20-7-5-18(6-8-20)17(2)3/h5-10,16-17,19H,4,11-15H2,1-3H3,(H,26,29). The summed E-state index contributed by atoms with van der Waals surface area (Å²) in [5.41, 5.74) is 2.74. The Morgan fingerprint density at radius 3 is 2.41 bits per heavy atom. The first kappa shape index (κ1) is 24.6. The van der Waals surface area contributed by atoms with Gasteiger partial charge in [0.25, 0.3) is 0 Å². The second-order valence-corrected chi connectivity index (χ2v) is 12.0. The molecule has 1 saturated heterocycles. The molecule has 2 aromatic carbocycles. The molecule has 1 amide bonds. The Morgan fingerprint density at radius 1 is 1.12 bits per heavy atom. The fourth-order valence-corrected chi connectivity index (χ4v) is 6.87. The molecule has 0 spiro atoms. The molecule has 182 valence electrons. The first-order valence-corrected chi connectivity index (χ1v) is 14.0. The molecule has 4 rings (SSSR count). The number of nitrogens with zero attached hydrogens (tertiary/aromatic N) is 2. The smallest absolute Gasteiger partial charge is 0.308 e. The number of carbonyl (C=O) groups is 1. The summed E-state index contributed by atoms with van der Waals surface area (Å²) in [7, 11) is -3.69. The molecule has 7 nitrogen and oxygen atoms in total. The maximum atomic E-state index is 13.2. The number of hydrogen-bond acceptors (Lipinski definition) is 5. The summed E-state index contributed by atoms with van der Waals surface area (Å²) >= 11 is 1.07. The van der Waals surface area contributed by atoms with Gasteiger partial charge in [-0.1, -0.05) is 44.2 Å². The van der Waals surface area contributed by atoms with Crippen LogP contribution in [0.25, 0.3) is 10.2 Å². The molecule has 3 aromatic rings. The fraction of sp³-hybridized carbons (Fsp3) is 0.440. The average molecular weight is 502 g/mol. The Morgan fingerprint density at radius 2 is 1.79 bits per heavy atom. The highest BCUT2D eigenvalue weighted by molar-refractivity contribution is 7.89. The van der Waals surface area contributed by atoms with E-state index in [0.29, 0.717) is 30.0 Å². The monoisotopic (exact) mass is 501 g/mol. The molecule has 1 aliphatic rings. The van der Waals surface area contributed by atoms with Crippen LogP contribution < -0.4 is 10.2 Å². The highest BCUT2D eigenvalue weighted by Gasteiger charge is 2.32. The SMILES string of the molecule is CCCn1c(=O)sc2cc(S(=O)(=O)N3CCC(C(=O)Nc4ccc(C(C)C)cc4)CC3)ccc21. The van der Waals surface area contributed by atoms with Crippen molar-refractivity contribution < 1.29 is 13.2 Å². The van der Waals surface area contributed by atoms with Crippen molar-refractivity contribution >= 4 is 43.2 Å². The first-order valence-electron chi connectivity index (χ1n) is 11.7. The third-order valence-corrected chi connectivity index (χ3v) is 9.23. The van der Waals surface area contributed by atoms with E-state index in [0.717, 1.165) is 29.0 Å². The van der Waals surface area contributed by atoms with Gasteiger partial charge in [0.05, 0.1) is 15.1 Å². The molecular formula is C25H31N3O4S2. The number of amides is 1. The highest BCUT2D eigenvalue weighted by Crippen LogP contribution is 2.28. The summed E-state index contributed by atoms with van der Waals surface area (Å²) in [5.74, 6) is 0.126. The lowest BCUT2D eigenvalue weighted by Crippen LogP contribution is -2.41. The lowest BCUT2D eigenvalue weighted by molar-refractivity contribution is -0.120. The van der Waals surface area contributed by atoms with Crippen LogP contribution in [0.1, 0.15) is 51.5 Å². The zero-order valence-electron chi connectivity index (χ0n) is 19.8. The zero-order valence-corrected chi connectivity index (χ0v) is 21.4. The number of piperidine rings is 1. The van der Waals surface area contributed by atoms with Gasteiger partial charge in [-0.2, -0.15) is 4.31 Å². The summed E-state index contributed by atoms with van der Waals surface area (Å²) in [6.07, 6.45) is 1.77. The van der Waals surface area contributed by atoms with E-state index in [1.165, 1.54) is 9.87 Å². The molecule has 0 radical (unpaired) electrons. The average Bonchev–Trinajstić information content (AvgIpc) is 3.14. The molecule has 0 unspecified atom stereocenters. The van der Waals surface area contributed by atoms with Crippen LogP contribution in [-0.2, 0) is 21.4 Å². The number of aromatic nitrogens is 1. The number of thiazole rings is 1. The maximum Gasteiger partial charge on any atom is 0.308 e. The highest BCUT2D eigenvalue weighted by atomic mass is 32.2. The van der Waals surface area contributed by atoms with Gasteiger partial charge in [0, 0.05) is 31.2 Å². The van der Waals surface area contributed by atoms with E-state index in [9.17, 15) is 18.0 Å². The Bertz CT molecular complexity index is 1330. The number of fused-ring (bicyclic) bond motifs is 1. The van der Waals surface area contributed by atoms with E-state index in [4.69, 9.17) is 0 Å². The van der Waals surface area contributed by atoms with E-state index < -0.39 is 10.0 Å². The molecule has 1 aliphatic heterocycles. The van der Waals surface area contributed by atoms with E-state index >= 15 is 0 Å². The normalized spacial score (nSPS) is 15.8. The number of carbonyl (C=O) groups excluding carboxylic acids is 1.